The van der Waals surface area contributed by atoms with E-state index in [1.165, 1.54) is 0 Å². The zero-order valence-corrected chi connectivity index (χ0v) is 19.2. The van der Waals surface area contributed by atoms with E-state index in [-0.39, 0.29) is 17.1 Å². The van der Waals surface area contributed by atoms with Crippen molar-refractivity contribution < 1.29 is 14.1 Å². The van der Waals surface area contributed by atoms with E-state index in [1.807, 2.05) is 13.0 Å². The van der Waals surface area contributed by atoms with Gasteiger partial charge in [-0.05, 0) is 42.8 Å². The molecule has 2 aromatic carbocycles. The maximum atomic E-state index is 14.0. The van der Waals surface area contributed by atoms with Gasteiger partial charge in [0, 0.05) is 35.1 Å². The molecule has 0 spiro atoms. The second-order valence-corrected chi connectivity index (χ2v) is 8.37. The van der Waals surface area contributed by atoms with Crippen LogP contribution in [0, 0.1) is 22.9 Å². The maximum absolute atomic E-state index is 14.0. The number of nitro benzene ring substituents is 1. The van der Waals surface area contributed by atoms with Gasteiger partial charge >= 0.3 is 0 Å². The predicted molar refractivity (Wildman–Crippen MR) is 127 cm³/mol. The van der Waals surface area contributed by atoms with E-state index in [0.29, 0.717) is 16.0 Å². The maximum Gasteiger partial charge on any atom is 0.271 e. The van der Waals surface area contributed by atoms with Gasteiger partial charge in [-0.15, -0.1) is 10.2 Å². The third kappa shape index (κ3) is 4.90. The average Bonchev–Trinajstić information content (AvgIpc) is 3.25. The quantitative estimate of drug-likeness (QED) is 0.215. The van der Waals surface area contributed by atoms with Crippen LogP contribution in [0.3, 0.4) is 0 Å². The highest BCUT2D eigenvalue weighted by atomic mass is 35.5. The fourth-order valence-electron chi connectivity index (χ4n) is 3.15. The van der Waals surface area contributed by atoms with E-state index >= 15 is 0 Å². The first-order chi connectivity index (χ1) is 16.3. The van der Waals surface area contributed by atoms with Gasteiger partial charge in [0.15, 0.2) is 11.0 Å². The molecule has 2 heterocycles. The molecule has 1 N–H and O–H groups in total. The van der Waals surface area contributed by atoms with Crippen LogP contribution < -0.4 is 5.32 Å². The van der Waals surface area contributed by atoms with Gasteiger partial charge in [-0.1, -0.05) is 29.4 Å². The van der Waals surface area contributed by atoms with Crippen molar-refractivity contribution in [3.8, 4) is 17.1 Å². The van der Waals surface area contributed by atoms with Gasteiger partial charge in [-0.3, -0.25) is 24.5 Å². The lowest BCUT2D eigenvalue weighted by Gasteiger charge is -2.14. The molecular formula is C22H16ClFN6O3S. The van der Waals surface area contributed by atoms with Gasteiger partial charge in [0.25, 0.3) is 5.69 Å². The van der Waals surface area contributed by atoms with Gasteiger partial charge in [0.2, 0.25) is 5.91 Å². The van der Waals surface area contributed by atoms with Crippen LogP contribution in [0.1, 0.15) is 5.56 Å². The number of carbonyl (C=O) groups is 1. The highest BCUT2D eigenvalue weighted by molar-refractivity contribution is 7.99. The smallest absolute Gasteiger partial charge is 0.271 e. The summed E-state index contributed by atoms with van der Waals surface area (Å²) in [6.07, 6.45) is 3.26. The SMILES string of the molecule is Cc1c(Cl)cccc1-n1c(SCC(=O)Nc2cc([N+](=O)[O-])ccc2F)nnc1-c1ccncc1. The van der Waals surface area contributed by atoms with Gasteiger partial charge in [0.05, 0.1) is 22.1 Å². The number of rotatable bonds is 7. The first-order valence-electron chi connectivity index (χ1n) is 9.83. The Hall–Kier alpha value is -3.83. The Balaban J connectivity index is 1.62. The standard InChI is InChI=1S/C22H16ClFN6O3S/c1-13-16(23)3-2-4-19(13)29-21(14-7-9-25-10-8-14)27-28-22(29)34-12-20(31)26-18-11-15(30(32)33)5-6-17(18)24/h2-11H,12H2,1H3,(H,26,31). The van der Waals surface area contributed by atoms with Crippen molar-refractivity contribution in [2.24, 2.45) is 0 Å². The Labute approximate surface area is 202 Å². The molecule has 0 unspecified atom stereocenters. The molecule has 0 fully saturated rings. The van der Waals surface area contributed by atoms with Gasteiger partial charge in [-0.25, -0.2) is 4.39 Å². The molecule has 1 amide bonds. The topological polar surface area (TPSA) is 116 Å². The second-order valence-electron chi connectivity index (χ2n) is 7.02. The lowest BCUT2D eigenvalue weighted by Crippen LogP contribution is -2.16. The summed E-state index contributed by atoms with van der Waals surface area (Å²) in [5, 5.41) is 22.8. The largest absolute Gasteiger partial charge is 0.323 e. The molecule has 4 aromatic rings. The number of anilines is 1. The average molecular weight is 499 g/mol. The van der Waals surface area contributed by atoms with Gasteiger partial charge in [-0.2, -0.15) is 0 Å². The summed E-state index contributed by atoms with van der Waals surface area (Å²) < 4.78 is 15.8. The van der Waals surface area contributed by atoms with Crippen molar-refractivity contribution >= 4 is 40.6 Å². The summed E-state index contributed by atoms with van der Waals surface area (Å²) in [5.41, 5.74) is 1.69. The highest BCUT2D eigenvalue weighted by Crippen LogP contribution is 2.31. The number of non-ortho nitro benzene ring substituents is 1. The van der Waals surface area contributed by atoms with E-state index < -0.39 is 16.6 Å². The Morgan fingerprint density at radius 2 is 1.97 bits per heavy atom. The van der Waals surface area contributed by atoms with E-state index in [4.69, 9.17) is 11.6 Å². The molecule has 0 saturated carbocycles. The summed E-state index contributed by atoms with van der Waals surface area (Å²) in [6, 6.07) is 11.9. The minimum Gasteiger partial charge on any atom is -0.323 e. The first-order valence-corrected chi connectivity index (χ1v) is 11.2. The van der Waals surface area contributed by atoms with E-state index in [2.05, 4.69) is 20.5 Å². The Morgan fingerprint density at radius 3 is 2.71 bits per heavy atom. The molecule has 0 aliphatic heterocycles. The number of carbonyl (C=O) groups excluding carboxylic acids is 1. The number of pyridine rings is 1. The number of aromatic nitrogens is 4. The fraction of sp³-hybridized carbons (Fsp3) is 0.0909. The number of nitro groups is 1. The molecule has 0 radical (unpaired) electrons. The third-order valence-corrected chi connectivity index (χ3v) is 6.16. The summed E-state index contributed by atoms with van der Waals surface area (Å²) in [5.74, 6) is -0.953. The van der Waals surface area contributed by atoms with Crippen molar-refractivity contribution in [3.63, 3.8) is 0 Å². The number of hydrogen-bond acceptors (Lipinski definition) is 7. The minimum absolute atomic E-state index is 0.143. The van der Waals surface area contributed by atoms with Crippen molar-refractivity contribution in [1.82, 2.24) is 19.7 Å². The molecule has 12 heteroatoms. The Kier molecular flexibility index (Phi) is 6.85. The van der Waals surface area contributed by atoms with Crippen LogP contribution in [0.4, 0.5) is 15.8 Å². The molecule has 0 aliphatic rings. The molecule has 0 saturated heterocycles. The first kappa shape index (κ1) is 23.3. The molecule has 0 aliphatic carbocycles. The molecule has 9 nitrogen and oxygen atoms in total. The summed E-state index contributed by atoms with van der Waals surface area (Å²) in [7, 11) is 0. The van der Waals surface area contributed by atoms with E-state index in [1.54, 1.807) is 41.2 Å². The van der Waals surface area contributed by atoms with Crippen LogP contribution in [-0.2, 0) is 4.79 Å². The second kappa shape index (κ2) is 9.98. The number of halogens is 2. The van der Waals surface area contributed by atoms with Crippen LogP contribution in [0.25, 0.3) is 17.1 Å². The normalized spacial score (nSPS) is 10.8. The van der Waals surface area contributed by atoms with Crippen LogP contribution in [0.2, 0.25) is 5.02 Å². The lowest BCUT2D eigenvalue weighted by molar-refractivity contribution is -0.384. The molecule has 0 atom stereocenters. The fourth-order valence-corrected chi connectivity index (χ4v) is 4.06. The zero-order chi connectivity index (χ0) is 24.2. The number of nitrogens with one attached hydrogen (secondary N) is 1. The molecule has 2 aromatic heterocycles. The van der Waals surface area contributed by atoms with Crippen LogP contribution >= 0.6 is 23.4 Å². The van der Waals surface area contributed by atoms with Crippen LogP contribution in [-0.4, -0.2) is 36.3 Å². The number of thioether (sulfide) groups is 1. The highest BCUT2D eigenvalue weighted by Gasteiger charge is 2.20. The van der Waals surface area contributed by atoms with Crippen LogP contribution in [0.5, 0.6) is 0 Å². The number of hydrogen-bond donors (Lipinski definition) is 1. The zero-order valence-electron chi connectivity index (χ0n) is 17.6. The molecule has 0 bridgehead atoms. The number of nitrogens with zero attached hydrogens (tertiary/aromatic N) is 5. The Morgan fingerprint density at radius 1 is 1.21 bits per heavy atom. The lowest BCUT2D eigenvalue weighted by atomic mass is 10.2. The number of amides is 1. The molecular weight excluding hydrogens is 483 g/mol. The summed E-state index contributed by atoms with van der Waals surface area (Å²) in [6.45, 7) is 1.86. The number of benzene rings is 2. The van der Waals surface area contributed by atoms with E-state index in [9.17, 15) is 19.3 Å². The molecule has 4 rings (SSSR count). The molecule has 172 valence electrons. The summed E-state index contributed by atoms with van der Waals surface area (Å²) >= 11 is 7.41. The predicted octanol–water partition coefficient (Wildman–Crippen LogP) is 5.07. The monoisotopic (exact) mass is 498 g/mol. The van der Waals surface area contributed by atoms with Crippen molar-refractivity contribution in [1.29, 1.82) is 0 Å². The van der Waals surface area contributed by atoms with Gasteiger partial charge < -0.3 is 5.32 Å². The van der Waals surface area contributed by atoms with Gasteiger partial charge in [0.1, 0.15) is 5.82 Å². The van der Waals surface area contributed by atoms with Crippen molar-refractivity contribution in [2.45, 2.75) is 12.1 Å². The third-order valence-electron chi connectivity index (χ3n) is 4.82. The Bertz CT molecular complexity index is 1380. The van der Waals surface area contributed by atoms with Crippen LogP contribution in [0.15, 0.2) is 66.1 Å². The van der Waals surface area contributed by atoms with E-state index in [0.717, 1.165) is 46.8 Å². The molecule has 34 heavy (non-hydrogen) atoms. The summed E-state index contributed by atoms with van der Waals surface area (Å²) in [4.78, 5) is 26.8. The van der Waals surface area contributed by atoms with Crippen molar-refractivity contribution in [2.75, 3.05) is 11.1 Å². The minimum atomic E-state index is -0.776. The van der Waals surface area contributed by atoms with Crippen molar-refractivity contribution in [3.05, 3.63) is 87.4 Å².